The first-order chi connectivity index (χ1) is 8.24. The van der Waals surface area contributed by atoms with Gasteiger partial charge in [-0.3, -0.25) is 4.79 Å². The Kier molecular flexibility index (Phi) is 3.22. The predicted octanol–water partition coefficient (Wildman–Crippen LogP) is 0.449. The van der Waals surface area contributed by atoms with Gasteiger partial charge in [-0.1, -0.05) is 0 Å². The molecule has 0 N–H and O–H groups in total. The Morgan fingerprint density at radius 3 is 2.39 bits per heavy atom. The molecule has 18 heavy (non-hydrogen) atoms. The highest BCUT2D eigenvalue weighted by Gasteiger charge is 2.54. The van der Waals surface area contributed by atoms with E-state index in [4.69, 9.17) is 4.74 Å². The molecule has 0 aromatic heterocycles. The van der Waals surface area contributed by atoms with Crippen molar-refractivity contribution in [3.05, 3.63) is 0 Å². The molecule has 1 saturated carbocycles. The topological polar surface area (TPSA) is 63.7 Å². The summed E-state index contributed by atoms with van der Waals surface area (Å²) in [5, 5.41) is 0. The zero-order valence-electron chi connectivity index (χ0n) is 11.2. The molecule has 1 heterocycles. The van der Waals surface area contributed by atoms with Crippen LogP contribution in [0.3, 0.4) is 0 Å². The minimum atomic E-state index is -3.09. The summed E-state index contributed by atoms with van der Waals surface area (Å²) in [6, 6.07) is 0. The highest BCUT2D eigenvalue weighted by atomic mass is 32.2. The van der Waals surface area contributed by atoms with Gasteiger partial charge in [-0.15, -0.1) is 0 Å². The van der Waals surface area contributed by atoms with Gasteiger partial charge in [0.05, 0.1) is 22.5 Å². The number of carbonyl (C=O) groups excluding carboxylic acids is 1. The maximum Gasteiger partial charge on any atom is 0.231 e. The molecule has 5 nitrogen and oxygen atoms in total. The van der Waals surface area contributed by atoms with Gasteiger partial charge in [0.1, 0.15) is 0 Å². The predicted molar refractivity (Wildman–Crippen MR) is 68.0 cm³/mol. The lowest BCUT2D eigenvalue weighted by Gasteiger charge is -2.39. The van der Waals surface area contributed by atoms with Crippen LogP contribution in [-0.4, -0.2) is 56.5 Å². The molecule has 2 aliphatic rings. The highest BCUT2D eigenvalue weighted by molar-refractivity contribution is 7.92. The average molecular weight is 275 g/mol. The second-order valence-corrected chi connectivity index (χ2v) is 8.76. The lowest BCUT2D eigenvalue weighted by molar-refractivity contribution is -0.139. The van der Waals surface area contributed by atoms with Crippen LogP contribution in [0.5, 0.6) is 0 Å². The molecule has 0 unspecified atom stereocenters. The molecule has 0 radical (unpaired) electrons. The first kappa shape index (κ1) is 13.8. The van der Waals surface area contributed by atoms with Gasteiger partial charge in [0.15, 0.2) is 9.84 Å². The van der Waals surface area contributed by atoms with E-state index < -0.39 is 14.6 Å². The standard InChI is InChI=1S/C12H21NO4S/c1-11(2)8-13(6-7-18(11,15)16)10(14)12(4-5-12)9-17-3/h4-9H2,1-3H3. The number of amides is 1. The molecular weight excluding hydrogens is 254 g/mol. The van der Waals surface area contributed by atoms with Gasteiger partial charge in [-0.2, -0.15) is 0 Å². The number of methoxy groups -OCH3 is 1. The van der Waals surface area contributed by atoms with Crippen molar-refractivity contribution in [2.45, 2.75) is 31.4 Å². The number of carbonyl (C=O) groups is 1. The average Bonchev–Trinajstić information content (AvgIpc) is 3.03. The van der Waals surface area contributed by atoms with Crippen LogP contribution >= 0.6 is 0 Å². The summed E-state index contributed by atoms with van der Waals surface area (Å²) >= 11 is 0. The molecule has 0 spiro atoms. The second-order valence-electron chi connectivity index (χ2n) is 6.02. The molecule has 6 heteroatoms. The molecule has 0 aromatic carbocycles. The summed E-state index contributed by atoms with van der Waals surface area (Å²) in [6.07, 6.45) is 1.70. The van der Waals surface area contributed by atoms with E-state index in [1.165, 1.54) is 0 Å². The van der Waals surface area contributed by atoms with Gasteiger partial charge in [-0.25, -0.2) is 8.42 Å². The van der Waals surface area contributed by atoms with Crippen molar-refractivity contribution in [1.82, 2.24) is 4.90 Å². The van der Waals surface area contributed by atoms with E-state index in [9.17, 15) is 13.2 Å². The Hall–Kier alpha value is -0.620. The van der Waals surface area contributed by atoms with Crippen LogP contribution in [0.2, 0.25) is 0 Å². The first-order valence-corrected chi connectivity index (χ1v) is 7.90. The Labute approximate surface area is 108 Å². The van der Waals surface area contributed by atoms with Crippen LogP contribution in [0, 0.1) is 5.41 Å². The second kappa shape index (κ2) is 4.20. The number of nitrogens with zero attached hydrogens (tertiary/aromatic N) is 1. The molecule has 2 rings (SSSR count). The SMILES string of the molecule is COCC1(C(=O)N2CCS(=O)(=O)C(C)(C)C2)CC1. The van der Waals surface area contributed by atoms with Crippen LogP contribution in [-0.2, 0) is 19.4 Å². The Bertz CT molecular complexity index is 451. The van der Waals surface area contributed by atoms with Gasteiger partial charge in [0.25, 0.3) is 0 Å². The smallest absolute Gasteiger partial charge is 0.231 e. The van der Waals surface area contributed by atoms with Crippen LogP contribution < -0.4 is 0 Å². The van der Waals surface area contributed by atoms with Gasteiger partial charge in [0.2, 0.25) is 5.91 Å². The van der Waals surface area contributed by atoms with Crippen LogP contribution in [0.1, 0.15) is 26.7 Å². The maximum absolute atomic E-state index is 12.4. The van der Waals surface area contributed by atoms with Crippen LogP contribution in [0.25, 0.3) is 0 Å². The summed E-state index contributed by atoms with van der Waals surface area (Å²) in [7, 11) is -1.49. The molecule has 0 atom stereocenters. The summed E-state index contributed by atoms with van der Waals surface area (Å²) in [5.74, 6) is 0.127. The van der Waals surface area contributed by atoms with Crippen molar-refractivity contribution in [1.29, 1.82) is 0 Å². The number of rotatable bonds is 3. The van der Waals surface area contributed by atoms with Crippen LogP contribution in [0.15, 0.2) is 0 Å². The molecule has 1 aliphatic carbocycles. The van der Waals surface area contributed by atoms with E-state index in [-0.39, 0.29) is 17.1 Å². The van der Waals surface area contributed by atoms with Crippen molar-refractivity contribution in [2.75, 3.05) is 32.6 Å². The highest BCUT2D eigenvalue weighted by Crippen LogP contribution is 2.48. The number of hydrogen-bond donors (Lipinski definition) is 0. The molecule has 1 amide bonds. The van der Waals surface area contributed by atoms with Crippen molar-refractivity contribution >= 4 is 15.7 Å². The maximum atomic E-state index is 12.4. The van der Waals surface area contributed by atoms with E-state index in [1.807, 2.05) is 0 Å². The normalized spacial score (nSPS) is 27.8. The summed E-state index contributed by atoms with van der Waals surface area (Å²) in [5.41, 5.74) is -0.369. The molecule has 1 saturated heterocycles. The molecule has 1 aliphatic heterocycles. The quantitative estimate of drug-likeness (QED) is 0.750. The molecule has 2 fully saturated rings. The minimum Gasteiger partial charge on any atom is -0.384 e. The Morgan fingerprint density at radius 1 is 1.33 bits per heavy atom. The van der Waals surface area contributed by atoms with Gasteiger partial charge >= 0.3 is 0 Å². The van der Waals surface area contributed by atoms with Crippen molar-refractivity contribution in [3.63, 3.8) is 0 Å². The zero-order valence-corrected chi connectivity index (χ0v) is 12.0. The van der Waals surface area contributed by atoms with E-state index in [0.717, 1.165) is 12.8 Å². The minimum absolute atomic E-state index is 0.0623. The van der Waals surface area contributed by atoms with E-state index in [2.05, 4.69) is 0 Å². The number of ether oxygens (including phenoxy) is 1. The molecular formula is C12H21NO4S. The van der Waals surface area contributed by atoms with Crippen molar-refractivity contribution in [3.8, 4) is 0 Å². The van der Waals surface area contributed by atoms with Gasteiger partial charge in [-0.05, 0) is 26.7 Å². The van der Waals surface area contributed by atoms with Crippen molar-refractivity contribution in [2.24, 2.45) is 5.41 Å². The zero-order chi connectivity index (χ0) is 13.6. The third kappa shape index (κ3) is 2.16. The molecule has 104 valence electrons. The summed E-state index contributed by atoms with van der Waals surface area (Å²) in [4.78, 5) is 14.1. The Morgan fingerprint density at radius 2 is 1.94 bits per heavy atom. The third-order valence-corrected chi connectivity index (χ3v) is 6.59. The van der Waals surface area contributed by atoms with Gasteiger partial charge < -0.3 is 9.64 Å². The fourth-order valence-corrected chi connectivity index (χ4v) is 3.87. The summed E-state index contributed by atoms with van der Waals surface area (Å²) in [6.45, 7) is 4.43. The van der Waals surface area contributed by atoms with E-state index in [1.54, 1.807) is 25.9 Å². The number of hydrogen-bond acceptors (Lipinski definition) is 4. The Balaban J connectivity index is 2.11. The van der Waals surface area contributed by atoms with Gasteiger partial charge in [0, 0.05) is 20.2 Å². The molecule has 0 aromatic rings. The van der Waals surface area contributed by atoms with Crippen molar-refractivity contribution < 1.29 is 17.9 Å². The largest absolute Gasteiger partial charge is 0.384 e. The van der Waals surface area contributed by atoms with E-state index in [0.29, 0.717) is 19.7 Å². The molecule has 0 bridgehead atoms. The first-order valence-electron chi connectivity index (χ1n) is 6.25. The summed E-state index contributed by atoms with van der Waals surface area (Å²) < 4.78 is 28.1. The number of sulfone groups is 1. The van der Waals surface area contributed by atoms with Crippen LogP contribution in [0.4, 0.5) is 0 Å². The lowest BCUT2D eigenvalue weighted by Crippen LogP contribution is -2.56. The fourth-order valence-electron chi connectivity index (χ4n) is 2.50. The monoisotopic (exact) mass is 275 g/mol. The third-order valence-electron chi connectivity index (χ3n) is 4.06. The van der Waals surface area contributed by atoms with E-state index >= 15 is 0 Å². The fraction of sp³-hybridized carbons (Fsp3) is 0.917. The lowest BCUT2D eigenvalue weighted by atomic mass is 10.1.